The van der Waals surface area contributed by atoms with Crippen molar-refractivity contribution >= 4 is 0 Å². The van der Waals surface area contributed by atoms with E-state index in [0.29, 0.717) is 5.41 Å². The highest BCUT2D eigenvalue weighted by molar-refractivity contribution is 5.13. The highest BCUT2D eigenvalue weighted by atomic mass is 14.5. The van der Waals surface area contributed by atoms with Gasteiger partial charge >= 0.3 is 0 Å². The molecule has 0 aliphatic heterocycles. The monoisotopic (exact) mass is 167 g/mol. The van der Waals surface area contributed by atoms with Gasteiger partial charge in [0.1, 0.15) is 0 Å². The van der Waals surface area contributed by atoms with Crippen LogP contribution in [0, 0.1) is 23.2 Å². The summed E-state index contributed by atoms with van der Waals surface area (Å²) in [5.41, 5.74) is 0.465. The van der Waals surface area contributed by atoms with Crippen LogP contribution in [0.25, 0.3) is 0 Å². The van der Waals surface area contributed by atoms with Crippen LogP contribution in [0.1, 0.15) is 53.9 Å². The molecular weight excluding hydrogens is 144 g/mol. The van der Waals surface area contributed by atoms with Crippen LogP contribution in [0.15, 0.2) is 0 Å². The maximum Gasteiger partial charge on any atom is -0.0154 e. The zero-order valence-electron chi connectivity index (χ0n) is 9.28. The summed E-state index contributed by atoms with van der Waals surface area (Å²) in [7, 11) is 0. The van der Waals surface area contributed by atoms with E-state index in [-0.39, 0.29) is 0 Å². The first-order valence-electron chi connectivity index (χ1n) is 5.33. The Bertz CT molecular complexity index is 141. The van der Waals surface area contributed by atoms with E-state index in [0.717, 1.165) is 11.8 Å². The highest BCUT2D eigenvalue weighted by Crippen LogP contribution is 2.51. The summed E-state index contributed by atoms with van der Waals surface area (Å²) in [5, 5.41) is 0. The largest absolute Gasteiger partial charge is 0.0651 e. The molecule has 0 N–H and O–H groups in total. The van der Waals surface area contributed by atoms with Crippen LogP contribution < -0.4 is 0 Å². The quantitative estimate of drug-likeness (QED) is 0.581. The zero-order valence-corrected chi connectivity index (χ0v) is 9.28. The normalized spacial score (nSPS) is 28.2. The van der Waals surface area contributed by atoms with Crippen molar-refractivity contribution in [3.8, 4) is 0 Å². The van der Waals surface area contributed by atoms with Gasteiger partial charge in [-0.2, -0.15) is 0 Å². The van der Waals surface area contributed by atoms with Crippen molar-refractivity contribution < 1.29 is 0 Å². The number of hydrogen-bond donors (Lipinski definition) is 0. The van der Waals surface area contributed by atoms with Gasteiger partial charge in [0.05, 0.1) is 0 Å². The highest BCUT2D eigenvalue weighted by Gasteiger charge is 2.41. The van der Waals surface area contributed by atoms with E-state index in [1.54, 1.807) is 0 Å². The lowest BCUT2D eigenvalue weighted by Crippen LogP contribution is -2.37. The van der Waals surface area contributed by atoms with Crippen LogP contribution in [-0.4, -0.2) is 0 Å². The maximum atomic E-state index is 2.40. The molecule has 0 heterocycles. The Morgan fingerprint density at radius 1 is 1.42 bits per heavy atom. The summed E-state index contributed by atoms with van der Waals surface area (Å²) in [6, 6.07) is 0. The van der Waals surface area contributed by atoms with Crippen molar-refractivity contribution in [2.24, 2.45) is 17.3 Å². The molecule has 12 heavy (non-hydrogen) atoms. The van der Waals surface area contributed by atoms with E-state index in [1.165, 1.54) is 19.3 Å². The van der Waals surface area contributed by atoms with Gasteiger partial charge in [0.25, 0.3) is 0 Å². The molecule has 0 amide bonds. The molecule has 1 rings (SSSR count). The molecule has 0 bridgehead atoms. The van der Waals surface area contributed by atoms with Crippen molar-refractivity contribution in [3.63, 3.8) is 0 Å². The predicted octanol–water partition coefficient (Wildman–Crippen LogP) is 4.06. The summed E-state index contributed by atoms with van der Waals surface area (Å²) in [6.45, 7) is 11.8. The average Bonchev–Trinajstić information content (AvgIpc) is 1.80. The van der Waals surface area contributed by atoms with Gasteiger partial charge in [-0.15, -0.1) is 0 Å². The third kappa shape index (κ3) is 1.84. The topological polar surface area (TPSA) is 0 Å². The van der Waals surface area contributed by atoms with Gasteiger partial charge in [0.2, 0.25) is 0 Å². The molecule has 1 saturated carbocycles. The molecule has 1 aliphatic carbocycles. The van der Waals surface area contributed by atoms with Crippen molar-refractivity contribution in [2.75, 3.05) is 0 Å². The molecule has 0 saturated heterocycles. The fourth-order valence-corrected chi connectivity index (χ4v) is 2.30. The third-order valence-corrected chi connectivity index (χ3v) is 3.47. The molecule has 1 fully saturated rings. The first-order valence-corrected chi connectivity index (χ1v) is 5.33. The van der Waals surface area contributed by atoms with Gasteiger partial charge in [0.15, 0.2) is 0 Å². The third-order valence-electron chi connectivity index (χ3n) is 3.47. The molecule has 1 aliphatic rings. The van der Waals surface area contributed by atoms with Gasteiger partial charge in [-0.25, -0.2) is 0 Å². The Labute approximate surface area is 77.7 Å². The molecule has 0 nitrogen and oxygen atoms in total. The van der Waals surface area contributed by atoms with Crippen molar-refractivity contribution in [3.05, 3.63) is 5.92 Å². The van der Waals surface area contributed by atoms with E-state index in [4.69, 9.17) is 0 Å². The Morgan fingerprint density at radius 2 is 2.00 bits per heavy atom. The van der Waals surface area contributed by atoms with Crippen LogP contribution in [-0.2, 0) is 0 Å². The van der Waals surface area contributed by atoms with Gasteiger partial charge in [-0.3, -0.25) is 0 Å². The first kappa shape index (κ1) is 10.1. The Morgan fingerprint density at radius 3 is 2.25 bits per heavy atom. The molecule has 2 atom stereocenters. The van der Waals surface area contributed by atoms with Gasteiger partial charge in [-0.1, -0.05) is 41.0 Å². The van der Waals surface area contributed by atoms with E-state index in [9.17, 15) is 0 Å². The lowest BCUT2D eigenvalue weighted by molar-refractivity contribution is 0.169. The summed E-state index contributed by atoms with van der Waals surface area (Å²) >= 11 is 0. The number of hydrogen-bond acceptors (Lipinski definition) is 0. The molecule has 0 aromatic rings. The fourth-order valence-electron chi connectivity index (χ4n) is 2.30. The molecule has 2 unspecified atom stereocenters. The summed E-state index contributed by atoms with van der Waals surface area (Å²) < 4.78 is 0. The first-order chi connectivity index (χ1) is 5.46. The SMILES string of the molecule is CCC(C)C1CC[C]1C(C)(C)C. The van der Waals surface area contributed by atoms with Crippen molar-refractivity contribution in [1.82, 2.24) is 0 Å². The Balaban J connectivity index is 2.49. The van der Waals surface area contributed by atoms with Gasteiger partial charge in [0, 0.05) is 0 Å². The van der Waals surface area contributed by atoms with Crippen LogP contribution in [0.2, 0.25) is 0 Å². The average molecular weight is 167 g/mol. The van der Waals surface area contributed by atoms with Crippen LogP contribution in [0.5, 0.6) is 0 Å². The standard InChI is InChI=1S/C12H23/c1-6-9(2)10-7-8-11(10)12(3,4)5/h9-10H,6-8H2,1-5H3. The fraction of sp³-hybridized carbons (Fsp3) is 0.917. The van der Waals surface area contributed by atoms with Crippen LogP contribution in [0.3, 0.4) is 0 Å². The molecular formula is C12H23. The summed E-state index contributed by atoms with van der Waals surface area (Å²) in [6.07, 6.45) is 4.17. The minimum atomic E-state index is 0.465. The minimum Gasteiger partial charge on any atom is -0.0651 e. The summed E-state index contributed by atoms with van der Waals surface area (Å²) in [5.74, 6) is 3.67. The van der Waals surface area contributed by atoms with E-state index in [2.05, 4.69) is 34.6 Å². The molecule has 0 aromatic carbocycles. The van der Waals surface area contributed by atoms with Gasteiger partial charge in [-0.05, 0) is 36.0 Å². The molecule has 0 aromatic heterocycles. The zero-order chi connectivity index (χ0) is 9.35. The van der Waals surface area contributed by atoms with Crippen molar-refractivity contribution in [1.29, 1.82) is 0 Å². The molecule has 71 valence electrons. The summed E-state index contributed by atoms with van der Waals surface area (Å²) in [4.78, 5) is 0. The van der Waals surface area contributed by atoms with Crippen LogP contribution in [0.4, 0.5) is 0 Å². The number of rotatable bonds is 2. The second-order valence-electron chi connectivity index (χ2n) is 5.31. The minimum absolute atomic E-state index is 0.465. The van der Waals surface area contributed by atoms with Gasteiger partial charge < -0.3 is 0 Å². The molecule has 1 radical (unpaired) electrons. The maximum absolute atomic E-state index is 2.40. The lowest BCUT2D eigenvalue weighted by Gasteiger charge is -2.47. The Kier molecular flexibility index (Phi) is 2.85. The lowest BCUT2D eigenvalue weighted by atomic mass is 9.57. The van der Waals surface area contributed by atoms with E-state index >= 15 is 0 Å². The predicted molar refractivity (Wildman–Crippen MR) is 54.9 cm³/mol. The Hall–Kier alpha value is 0. The molecule has 0 heteroatoms. The van der Waals surface area contributed by atoms with Crippen molar-refractivity contribution in [2.45, 2.75) is 53.9 Å². The second kappa shape index (κ2) is 3.40. The molecule has 0 spiro atoms. The van der Waals surface area contributed by atoms with E-state index in [1.807, 2.05) is 5.92 Å². The smallest absolute Gasteiger partial charge is 0.0154 e. The van der Waals surface area contributed by atoms with Crippen LogP contribution >= 0.6 is 0 Å². The second-order valence-corrected chi connectivity index (χ2v) is 5.31. The van der Waals surface area contributed by atoms with E-state index < -0.39 is 0 Å².